The molecule has 4 rings (SSSR count). The Morgan fingerprint density at radius 3 is 2.81 bits per heavy atom. The van der Waals surface area contributed by atoms with Crippen LogP contribution < -0.4 is 10.5 Å². The van der Waals surface area contributed by atoms with Gasteiger partial charge in [0.05, 0.1) is 18.6 Å². The molecule has 1 aromatic heterocycles. The minimum atomic E-state index is 0.162. The van der Waals surface area contributed by atoms with E-state index in [9.17, 15) is 0 Å². The molecule has 0 aliphatic heterocycles. The van der Waals surface area contributed by atoms with E-state index in [1.54, 1.807) is 7.11 Å². The van der Waals surface area contributed by atoms with E-state index in [-0.39, 0.29) is 12.0 Å². The fraction of sp³-hybridized carbons (Fsp3) is 0.500. The summed E-state index contributed by atoms with van der Waals surface area (Å²) in [5.41, 5.74) is 7.20. The molecule has 110 valence electrons. The third-order valence-electron chi connectivity index (χ3n) is 5.06. The quantitative estimate of drug-likeness (QED) is 0.938. The molecule has 2 bridgehead atoms. The number of hydrogen-bond acceptors (Lipinski definition) is 5. The first-order chi connectivity index (χ1) is 10.3. The van der Waals surface area contributed by atoms with Crippen molar-refractivity contribution in [3.05, 3.63) is 30.2 Å². The summed E-state index contributed by atoms with van der Waals surface area (Å²) in [5.74, 6) is 3.48. The lowest BCUT2D eigenvalue weighted by atomic mass is 9.85. The normalized spacial score (nSPS) is 30.8. The van der Waals surface area contributed by atoms with Crippen LogP contribution in [0.2, 0.25) is 0 Å². The van der Waals surface area contributed by atoms with E-state index in [1.165, 1.54) is 19.3 Å². The summed E-state index contributed by atoms with van der Waals surface area (Å²) in [7, 11) is 1.64. The first kappa shape index (κ1) is 12.8. The van der Waals surface area contributed by atoms with Crippen LogP contribution in [0.4, 0.5) is 0 Å². The number of fused-ring (bicyclic) bond motifs is 2. The fourth-order valence-electron chi connectivity index (χ4n) is 4.01. The van der Waals surface area contributed by atoms with Crippen molar-refractivity contribution < 1.29 is 9.26 Å². The van der Waals surface area contributed by atoms with Crippen LogP contribution >= 0.6 is 0 Å². The summed E-state index contributed by atoms with van der Waals surface area (Å²) in [4.78, 5) is 4.60. The second-order valence-corrected chi connectivity index (χ2v) is 6.09. The van der Waals surface area contributed by atoms with Crippen molar-refractivity contribution in [2.45, 2.75) is 31.2 Å². The molecule has 4 atom stereocenters. The van der Waals surface area contributed by atoms with Crippen molar-refractivity contribution in [3.8, 4) is 17.1 Å². The molecule has 2 aliphatic carbocycles. The SMILES string of the molecule is COc1ccccc1-c1noc(C2C3CCC(C3)C2N)n1. The Labute approximate surface area is 123 Å². The molecule has 4 unspecified atom stereocenters. The zero-order chi connectivity index (χ0) is 14.4. The summed E-state index contributed by atoms with van der Waals surface area (Å²) in [6.45, 7) is 0. The van der Waals surface area contributed by atoms with E-state index in [0.29, 0.717) is 23.6 Å². The summed E-state index contributed by atoms with van der Waals surface area (Å²) < 4.78 is 10.9. The molecule has 0 saturated heterocycles. The first-order valence-corrected chi connectivity index (χ1v) is 7.50. The Hall–Kier alpha value is -1.88. The molecule has 2 fully saturated rings. The number of rotatable bonds is 3. The molecule has 21 heavy (non-hydrogen) atoms. The number of benzene rings is 1. The van der Waals surface area contributed by atoms with E-state index in [2.05, 4.69) is 10.1 Å². The van der Waals surface area contributed by atoms with Gasteiger partial charge in [-0.05, 0) is 43.2 Å². The Balaban J connectivity index is 1.67. The molecule has 2 aromatic rings. The standard InChI is InChI=1S/C16H19N3O2/c1-20-12-5-3-2-4-11(12)15-18-16(21-19-15)13-9-6-7-10(8-9)14(13)17/h2-5,9-10,13-14H,6-8,17H2,1H3. The van der Waals surface area contributed by atoms with Gasteiger partial charge in [-0.3, -0.25) is 0 Å². The molecular formula is C16H19N3O2. The summed E-state index contributed by atoms with van der Waals surface area (Å²) in [5, 5.41) is 4.14. The van der Waals surface area contributed by atoms with Crippen LogP contribution in [0, 0.1) is 11.8 Å². The maximum absolute atomic E-state index is 6.35. The summed E-state index contributed by atoms with van der Waals surface area (Å²) in [6.07, 6.45) is 3.68. The van der Waals surface area contributed by atoms with Crippen molar-refractivity contribution in [3.63, 3.8) is 0 Å². The maximum Gasteiger partial charge on any atom is 0.231 e. The van der Waals surface area contributed by atoms with E-state index in [0.717, 1.165) is 11.3 Å². The van der Waals surface area contributed by atoms with Gasteiger partial charge in [0.25, 0.3) is 0 Å². The third-order valence-corrected chi connectivity index (χ3v) is 5.06. The van der Waals surface area contributed by atoms with Crippen molar-refractivity contribution in [2.75, 3.05) is 7.11 Å². The number of hydrogen-bond donors (Lipinski definition) is 1. The number of nitrogens with two attached hydrogens (primary N) is 1. The van der Waals surface area contributed by atoms with Crippen LogP contribution in [0.15, 0.2) is 28.8 Å². The van der Waals surface area contributed by atoms with Gasteiger partial charge in [-0.2, -0.15) is 4.98 Å². The summed E-state index contributed by atoms with van der Waals surface area (Å²) in [6, 6.07) is 7.87. The van der Waals surface area contributed by atoms with Crippen LogP contribution in [0.5, 0.6) is 5.75 Å². The monoisotopic (exact) mass is 285 g/mol. The average molecular weight is 285 g/mol. The number of para-hydroxylation sites is 1. The topological polar surface area (TPSA) is 74.2 Å². The van der Waals surface area contributed by atoms with Gasteiger partial charge in [0, 0.05) is 6.04 Å². The van der Waals surface area contributed by atoms with Gasteiger partial charge in [-0.1, -0.05) is 17.3 Å². The van der Waals surface area contributed by atoms with E-state index in [1.807, 2.05) is 24.3 Å². The summed E-state index contributed by atoms with van der Waals surface area (Å²) >= 11 is 0. The zero-order valence-electron chi connectivity index (χ0n) is 12.0. The Kier molecular flexibility index (Phi) is 2.96. The minimum absolute atomic E-state index is 0.162. The van der Waals surface area contributed by atoms with Gasteiger partial charge < -0.3 is 15.0 Å². The van der Waals surface area contributed by atoms with Crippen molar-refractivity contribution in [1.82, 2.24) is 10.1 Å². The minimum Gasteiger partial charge on any atom is -0.496 e. The van der Waals surface area contributed by atoms with Gasteiger partial charge in [-0.25, -0.2) is 0 Å². The highest BCUT2D eigenvalue weighted by Gasteiger charge is 2.48. The third kappa shape index (κ3) is 1.95. The molecule has 5 nitrogen and oxygen atoms in total. The number of methoxy groups -OCH3 is 1. The van der Waals surface area contributed by atoms with Gasteiger partial charge in [0.15, 0.2) is 0 Å². The van der Waals surface area contributed by atoms with Gasteiger partial charge in [-0.15, -0.1) is 0 Å². The maximum atomic E-state index is 6.35. The molecule has 0 spiro atoms. The predicted molar refractivity (Wildman–Crippen MR) is 77.8 cm³/mol. The molecule has 1 aromatic carbocycles. The van der Waals surface area contributed by atoms with Crippen LogP contribution in [0.1, 0.15) is 31.1 Å². The van der Waals surface area contributed by atoms with E-state index < -0.39 is 0 Å². The first-order valence-electron chi connectivity index (χ1n) is 7.50. The average Bonchev–Trinajstić information content (AvgIpc) is 3.22. The number of nitrogens with zero attached hydrogens (tertiary/aromatic N) is 2. The molecule has 1 heterocycles. The second kappa shape index (κ2) is 4.84. The van der Waals surface area contributed by atoms with Crippen LogP contribution in [-0.4, -0.2) is 23.3 Å². The highest BCUT2D eigenvalue weighted by atomic mass is 16.5. The molecule has 2 saturated carbocycles. The fourth-order valence-corrected chi connectivity index (χ4v) is 4.01. The Morgan fingerprint density at radius 2 is 2.05 bits per heavy atom. The van der Waals surface area contributed by atoms with Crippen LogP contribution in [-0.2, 0) is 0 Å². The van der Waals surface area contributed by atoms with Gasteiger partial charge >= 0.3 is 0 Å². The molecule has 5 heteroatoms. The van der Waals surface area contributed by atoms with E-state index in [4.69, 9.17) is 15.0 Å². The molecule has 2 N–H and O–H groups in total. The number of aromatic nitrogens is 2. The highest BCUT2D eigenvalue weighted by Crippen LogP contribution is 2.51. The lowest BCUT2D eigenvalue weighted by molar-refractivity contribution is 0.279. The molecule has 2 aliphatic rings. The van der Waals surface area contributed by atoms with E-state index >= 15 is 0 Å². The lowest BCUT2D eigenvalue weighted by Gasteiger charge is -2.24. The van der Waals surface area contributed by atoms with Crippen molar-refractivity contribution in [1.29, 1.82) is 0 Å². The Bertz CT molecular complexity index is 652. The molecular weight excluding hydrogens is 266 g/mol. The van der Waals surface area contributed by atoms with Crippen LogP contribution in [0.25, 0.3) is 11.4 Å². The zero-order valence-corrected chi connectivity index (χ0v) is 12.0. The lowest BCUT2D eigenvalue weighted by Crippen LogP contribution is -2.34. The van der Waals surface area contributed by atoms with Crippen LogP contribution in [0.3, 0.4) is 0 Å². The number of ether oxygens (including phenoxy) is 1. The molecule has 0 amide bonds. The van der Waals surface area contributed by atoms with Crippen molar-refractivity contribution >= 4 is 0 Å². The largest absolute Gasteiger partial charge is 0.496 e. The molecule has 0 radical (unpaired) electrons. The predicted octanol–water partition coefficient (Wildman–Crippen LogP) is 2.59. The van der Waals surface area contributed by atoms with Gasteiger partial charge in [0.2, 0.25) is 11.7 Å². The smallest absolute Gasteiger partial charge is 0.231 e. The van der Waals surface area contributed by atoms with Crippen molar-refractivity contribution in [2.24, 2.45) is 17.6 Å². The highest BCUT2D eigenvalue weighted by molar-refractivity contribution is 5.63. The Morgan fingerprint density at radius 1 is 1.24 bits per heavy atom. The second-order valence-electron chi connectivity index (χ2n) is 6.09. The van der Waals surface area contributed by atoms with Gasteiger partial charge in [0.1, 0.15) is 5.75 Å².